The van der Waals surface area contributed by atoms with Gasteiger partial charge in [-0.05, 0) is 25.7 Å². The summed E-state index contributed by atoms with van der Waals surface area (Å²) in [7, 11) is 0. The first-order chi connectivity index (χ1) is 11.0. The van der Waals surface area contributed by atoms with Crippen LogP contribution in [0.2, 0.25) is 0 Å². The van der Waals surface area contributed by atoms with Crippen molar-refractivity contribution in [3.05, 3.63) is 0 Å². The fraction of sp³-hybridized carbons (Fsp3) is 0.812. The lowest BCUT2D eigenvalue weighted by Gasteiger charge is -2.29. The van der Waals surface area contributed by atoms with Crippen LogP contribution >= 0.6 is 12.6 Å². The smallest absolute Gasteiger partial charge is 0.326 e. The van der Waals surface area contributed by atoms with Crippen molar-refractivity contribution in [1.29, 1.82) is 0 Å². The van der Waals surface area contributed by atoms with E-state index in [1.54, 1.807) is 0 Å². The number of carboxylic acids is 1. The molecule has 2 aliphatic heterocycles. The molecule has 2 fully saturated rings. The number of likely N-dealkylation sites (tertiary alicyclic amines) is 1. The van der Waals surface area contributed by atoms with E-state index in [0.29, 0.717) is 31.6 Å². The fourth-order valence-electron chi connectivity index (χ4n) is 3.43. The standard InChI is InChI=1S/C16H26N2O4S/c19-14-11(10-23)6-3-1-2-4-7-12(17-14)15(20)18-9-5-8-13(18)16(21)22/h11-13,23H,1-10H2,(H,17,19)(H,21,22)/t11?,12?,13-/m0/s1. The third-order valence-corrected chi connectivity index (χ3v) is 5.26. The van der Waals surface area contributed by atoms with Gasteiger partial charge in [0.25, 0.3) is 0 Å². The average molecular weight is 342 g/mol. The van der Waals surface area contributed by atoms with Crippen molar-refractivity contribution in [3.63, 3.8) is 0 Å². The van der Waals surface area contributed by atoms with Crippen LogP contribution in [0.25, 0.3) is 0 Å². The zero-order valence-corrected chi connectivity index (χ0v) is 14.3. The maximum absolute atomic E-state index is 12.7. The van der Waals surface area contributed by atoms with Crippen LogP contribution in [0.5, 0.6) is 0 Å². The molecule has 0 spiro atoms. The number of amides is 2. The first-order valence-electron chi connectivity index (χ1n) is 8.49. The van der Waals surface area contributed by atoms with Crippen LogP contribution in [0.3, 0.4) is 0 Å². The van der Waals surface area contributed by atoms with E-state index in [4.69, 9.17) is 0 Å². The Morgan fingerprint density at radius 3 is 2.48 bits per heavy atom. The number of hydrogen-bond acceptors (Lipinski definition) is 4. The van der Waals surface area contributed by atoms with E-state index < -0.39 is 18.1 Å². The molecule has 0 aromatic carbocycles. The molecule has 2 rings (SSSR count). The molecule has 2 unspecified atom stereocenters. The SMILES string of the molecule is O=C1NC(C(=O)N2CCC[C@H]2C(=O)O)CCCCCCC1CS. The highest BCUT2D eigenvalue weighted by atomic mass is 32.1. The second-order valence-corrected chi connectivity index (χ2v) is 6.83. The van der Waals surface area contributed by atoms with Crippen LogP contribution in [0.4, 0.5) is 0 Å². The van der Waals surface area contributed by atoms with E-state index in [-0.39, 0.29) is 17.7 Å². The van der Waals surface area contributed by atoms with Crippen LogP contribution in [-0.4, -0.2) is 52.2 Å². The average Bonchev–Trinajstić information content (AvgIpc) is 3.02. The molecule has 2 heterocycles. The minimum atomic E-state index is -0.963. The number of thiol groups is 1. The summed E-state index contributed by atoms with van der Waals surface area (Å²) in [5.41, 5.74) is 0. The minimum Gasteiger partial charge on any atom is -0.480 e. The molecule has 0 aromatic rings. The third kappa shape index (κ3) is 4.62. The molecule has 23 heavy (non-hydrogen) atoms. The summed E-state index contributed by atoms with van der Waals surface area (Å²) in [6, 6.07) is -1.36. The molecule has 0 radical (unpaired) electrons. The molecule has 0 aliphatic carbocycles. The summed E-state index contributed by atoms with van der Waals surface area (Å²) in [4.78, 5) is 37.8. The van der Waals surface area contributed by atoms with Crippen molar-refractivity contribution in [2.45, 2.75) is 63.5 Å². The Kier molecular flexibility index (Phi) is 6.74. The van der Waals surface area contributed by atoms with E-state index in [1.165, 1.54) is 4.90 Å². The van der Waals surface area contributed by atoms with Gasteiger partial charge >= 0.3 is 5.97 Å². The van der Waals surface area contributed by atoms with Crippen molar-refractivity contribution in [1.82, 2.24) is 10.2 Å². The third-order valence-electron chi connectivity index (χ3n) is 4.82. The molecule has 130 valence electrons. The van der Waals surface area contributed by atoms with Gasteiger partial charge in [-0.25, -0.2) is 4.79 Å². The normalized spacial score (nSPS) is 29.9. The van der Waals surface area contributed by atoms with Crippen LogP contribution < -0.4 is 5.32 Å². The molecule has 0 aromatic heterocycles. The molecular weight excluding hydrogens is 316 g/mol. The van der Waals surface area contributed by atoms with Crippen molar-refractivity contribution in [2.24, 2.45) is 5.92 Å². The van der Waals surface area contributed by atoms with Gasteiger partial charge in [0.2, 0.25) is 11.8 Å². The molecule has 2 aliphatic rings. The lowest BCUT2D eigenvalue weighted by molar-refractivity contribution is -0.149. The van der Waals surface area contributed by atoms with Gasteiger partial charge in [-0.15, -0.1) is 0 Å². The number of carboxylic acid groups (broad SMARTS) is 1. The van der Waals surface area contributed by atoms with Gasteiger partial charge in [0.05, 0.1) is 0 Å². The van der Waals surface area contributed by atoms with Gasteiger partial charge in [-0.1, -0.05) is 25.7 Å². The van der Waals surface area contributed by atoms with Crippen molar-refractivity contribution in [2.75, 3.05) is 12.3 Å². The zero-order chi connectivity index (χ0) is 16.8. The number of nitrogens with one attached hydrogen (secondary N) is 1. The number of nitrogens with zero attached hydrogens (tertiary/aromatic N) is 1. The van der Waals surface area contributed by atoms with Gasteiger partial charge in [0.15, 0.2) is 0 Å². The number of rotatable bonds is 3. The van der Waals surface area contributed by atoms with E-state index in [1.807, 2.05) is 0 Å². The first-order valence-corrected chi connectivity index (χ1v) is 9.12. The summed E-state index contributed by atoms with van der Waals surface area (Å²) < 4.78 is 0. The summed E-state index contributed by atoms with van der Waals surface area (Å²) in [6.45, 7) is 0.457. The summed E-state index contributed by atoms with van der Waals surface area (Å²) in [5.74, 6) is -1.06. The van der Waals surface area contributed by atoms with E-state index in [9.17, 15) is 19.5 Å². The summed E-state index contributed by atoms with van der Waals surface area (Å²) >= 11 is 4.24. The Balaban J connectivity index is 2.08. The van der Waals surface area contributed by atoms with Crippen LogP contribution in [0.15, 0.2) is 0 Å². The first kappa shape index (κ1) is 18.1. The van der Waals surface area contributed by atoms with Crippen molar-refractivity contribution < 1.29 is 19.5 Å². The van der Waals surface area contributed by atoms with Gasteiger partial charge in [0, 0.05) is 18.2 Å². The second-order valence-electron chi connectivity index (χ2n) is 6.46. The summed E-state index contributed by atoms with van der Waals surface area (Å²) in [6.07, 6.45) is 6.51. The predicted molar refractivity (Wildman–Crippen MR) is 89.3 cm³/mol. The number of carbonyl (C=O) groups is 3. The molecule has 3 atom stereocenters. The Bertz CT molecular complexity index is 457. The van der Waals surface area contributed by atoms with E-state index in [0.717, 1.165) is 32.1 Å². The topological polar surface area (TPSA) is 86.7 Å². The Morgan fingerprint density at radius 2 is 1.83 bits per heavy atom. The van der Waals surface area contributed by atoms with E-state index in [2.05, 4.69) is 17.9 Å². The molecule has 0 saturated carbocycles. The fourth-order valence-corrected chi connectivity index (χ4v) is 3.78. The largest absolute Gasteiger partial charge is 0.480 e. The lowest BCUT2D eigenvalue weighted by atomic mass is 9.97. The Hall–Kier alpha value is -1.24. The predicted octanol–water partition coefficient (Wildman–Crippen LogP) is 1.45. The maximum Gasteiger partial charge on any atom is 0.326 e. The van der Waals surface area contributed by atoms with Crippen LogP contribution in [-0.2, 0) is 14.4 Å². The van der Waals surface area contributed by atoms with Gasteiger partial charge in [-0.2, -0.15) is 12.6 Å². The van der Waals surface area contributed by atoms with Gasteiger partial charge in [-0.3, -0.25) is 9.59 Å². The van der Waals surface area contributed by atoms with Gasteiger partial charge in [0.1, 0.15) is 12.1 Å². The van der Waals surface area contributed by atoms with Gasteiger partial charge < -0.3 is 15.3 Å². The number of hydrogen-bond donors (Lipinski definition) is 3. The van der Waals surface area contributed by atoms with Crippen molar-refractivity contribution >= 4 is 30.4 Å². The maximum atomic E-state index is 12.7. The minimum absolute atomic E-state index is 0.133. The number of aliphatic carboxylic acids is 1. The van der Waals surface area contributed by atoms with Crippen LogP contribution in [0, 0.1) is 5.92 Å². The van der Waals surface area contributed by atoms with E-state index >= 15 is 0 Å². The molecule has 6 nitrogen and oxygen atoms in total. The molecule has 7 heteroatoms. The zero-order valence-electron chi connectivity index (χ0n) is 13.4. The van der Waals surface area contributed by atoms with Crippen molar-refractivity contribution in [3.8, 4) is 0 Å². The molecule has 2 amide bonds. The molecule has 2 N–H and O–H groups in total. The van der Waals surface area contributed by atoms with Crippen LogP contribution in [0.1, 0.15) is 51.4 Å². The monoisotopic (exact) mass is 342 g/mol. The molecular formula is C16H26N2O4S. The quantitative estimate of drug-likeness (QED) is 0.678. The highest BCUT2D eigenvalue weighted by molar-refractivity contribution is 7.80. The molecule has 2 saturated heterocycles. The highest BCUT2D eigenvalue weighted by Crippen LogP contribution is 2.22. The lowest BCUT2D eigenvalue weighted by Crippen LogP contribution is -2.52. The second kappa shape index (κ2) is 8.57. The summed E-state index contributed by atoms with van der Waals surface area (Å²) in [5, 5.41) is 12.1. The highest BCUT2D eigenvalue weighted by Gasteiger charge is 2.37. The number of carbonyl (C=O) groups excluding carboxylic acids is 2. The Morgan fingerprint density at radius 1 is 1.13 bits per heavy atom. The Labute approximate surface area is 142 Å². The molecule has 0 bridgehead atoms.